The number of nitro groups is 1. The molecule has 10 heteroatoms. The van der Waals surface area contributed by atoms with Crippen molar-refractivity contribution in [3.05, 3.63) is 86.1 Å². The molecule has 0 radical (unpaired) electrons. The van der Waals surface area contributed by atoms with Crippen LogP contribution in [0.15, 0.2) is 69.1 Å². The summed E-state index contributed by atoms with van der Waals surface area (Å²) in [6.07, 6.45) is 1.25. The largest absolute Gasteiger partial charge is 0.478 e. The number of furan rings is 1. The van der Waals surface area contributed by atoms with Crippen molar-refractivity contribution in [1.29, 1.82) is 5.26 Å². The highest BCUT2D eigenvalue weighted by Gasteiger charge is 2.15. The van der Waals surface area contributed by atoms with Gasteiger partial charge < -0.3 is 14.8 Å². The highest BCUT2D eigenvalue weighted by Crippen LogP contribution is 2.33. The molecule has 3 aromatic rings. The number of nitrogens with zero attached hydrogens (tertiary/aromatic N) is 2. The average molecular weight is 482 g/mol. The standard InChI is InChI=1S/C21H12BrN3O6/c22-18-10-15(25(29)30)5-7-17(18)19-8-6-16(31-19)9-13(11-23)20(26)24-14-3-1-12(2-4-14)21(27)28/h1-10H,(H,24,26)(H,27,28)/b13-9+. The summed E-state index contributed by atoms with van der Waals surface area (Å²) >= 11 is 3.27. The summed E-state index contributed by atoms with van der Waals surface area (Å²) < 4.78 is 6.11. The number of benzene rings is 2. The number of nitrogens with one attached hydrogen (secondary N) is 1. The van der Waals surface area contributed by atoms with Crippen molar-refractivity contribution in [1.82, 2.24) is 0 Å². The fourth-order valence-corrected chi connectivity index (χ4v) is 3.14. The lowest BCUT2D eigenvalue weighted by molar-refractivity contribution is -0.384. The third-order valence-corrected chi connectivity index (χ3v) is 4.75. The zero-order valence-corrected chi connectivity index (χ0v) is 17.1. The van der Waals surface area contributed by atoms with Crippen LogP contribution in [0.1, 0.15) is 16.1 Å². The zero-order chi connectivity index (χ0) is 22.5. The van der Waals surface area contributed by atoms with Crippen LogP contribution in [-0.4, -0.2) is 21.9 Å². The van der Waals surface area contributed by atoms with Crippen molar-refractivity contribution in [3.63, 3.8) is 0 Å². The van der Waals surface area contributed by atoms with Crippen molar-refractivity contribution < 1.29 is 24.0 Å². The first-order chi connectivity index (χ1) is 14.8. The molecule has 0 bridgehead atoms. The van der Waals surface area contributed by atoms with Crippen LogP contribution < -0.4 is 5.32 Å². The number of amides is 1. The van der Waals surface area contributed by atoms with Gasteiger partial charge in [0.05, 0.1) is 10.5 Å². The molecular weight excluding hydrogens is 470 g/mol. The van der Waals surface area contributed by atoms with Gasteiger partial charge in [-0.3, -0.25) is 14.9 Å². The first-order valence-electron chi connectivity index (χ1n) is 8.59. The van der Waals surface area contributed by atoms with Crippen molar-refractivity contribution in [2.75, 3.05) is 5.32 Å². The molecule has 1 aromatic heterocycles. The molecule has 0 aliphatic carbocycles. The van der Waals surface area contributed by atoms with Gasteiger partial charge >= 0.3 is 5.97 Å². The number of aromatic carboxylic acids is 1. The van der Waals surface area contributed by atoms with Gasteiger partial charge in [-0.2, -0.15) is 5.26 Å². The fourth-order valence-electron chi connectivity index (χ4n) is 2.58. The maximum absolute atomic E-state index is 12.4. The highest BCUT2D eigenvalue weighted by atomic mass is 79.9. The summed E-state index contributed by atoms with van der Waals surface area (Å²) in [7, 11) is 0. The van der Waals surface area contributed by atoms with Crippen LogP contribution in [0.4, 0.5) is 11.4 Å². The Balaban J connectivity index is 1.79. The number of hydrogen-bond donors (Lipinski definition) is 2. The summed E-state index contributed by atoms with van der Waals surface area (Å²) in [5.41, 5.74) is 0.639. The van der Waals surface area contributed by atoms with Gasteiger partial charge in [-0.05, 0) is 58.4 Å². The van der Waals surface area contributed by atoms with E-state index in [0.29, 0.717) is 21.5 Å². The van der Waals surface area contributed by atoms with Gasteiger partial charge in [0.1, 0.15) is 23.2 Å². The highest BCUT2D eigenvalue weighted by molar-refractivity contribution is 9.10. The Bertz CT molecular complexity index is 1250. The number of hydrogen-bond acceptors (Lipinski definition) is 6. The second-order valence-electron chi connectivity index (χ2n) is 6.13. The van der Waals surface area contributed by atoms with E-state index in [1.54, 1.807) is 18.2 Å². The van der Waals surface area contributed by atoms with E-state index in [-0.39, 0.29) is 22.6 Å². The molecule has 0 saturated carbocycles. The number of nitriles is 1. The number of carbonyl (C=O) groups is 2. The lowest BCUT2D eigenvalue weighted by Gasteiger charge is -2.04. The Hall–Kier alpha value is -4.23. The normalized spacial score (nSPS) is 10.9. The Morgan fingerprint density at radius 2 is 1.87 bits per heavy atom. The van der Waals surface area contributed by atoms with Gasteiger partial charge in [0, 0.05) is 33.9 Å². The molecule has 154 valence electrons. The first kappa shape index (κ1) is 21.5. The molecule has 2 N–H and O–H groups in total. The average Bonchev–Trinajstić information content (AvgIpc) is 3.20. The third-order valence-electron chi connectivity index (χ3n) is 4.10. The van der Waals surface area contributed by atoms with Gasteiger partial charge in [-0.15, -0.1) is 0 Å². The smallest absolute Gasteiger partial charge is 0.335 e. The number of carboxylic acids is 1. The molecule has 0 atom stereocenters. The molecule has 1 amide bonds. The minimum absolute atomic E-state index is 0.0644. The fraction of sp³-hybridized carbons (Fsp3) is 0. The Morgan fingerprint density at radius 1 is 1.16 bits per heavy atom. The van der Waals surface area contributed by atoms with E-state index in [9.17, 15) is 25.0 Å². The zero-order valence-electron chi connectivity index (χ0n) is 15.5. The SMILES string of the molecule is N#C/C(=C\c1ccc(-c2ccc([N+](=O)[O-])cc2Br)o1)C(=O)Nc1ccc(C(=O)O)cc1. The Morgan fingerprint density at radius 3 is 2.45 bits per heavy atom. The number of nitro benzene ring substituents is 1. The van der Waals surface area contributed by atoms with Gasteiger partial charge in [0.2, 0.25) is 0 Å². The monoisotopic (exact) mass is 481 g/mol. The van der Waals surface area contributed by atoms with E-state index in [1.165, 1.54) is 48.5 Å². The van der Waals surface area contributed by atoms with Crippen LogP contribution >= 0.6 is 15.9 Å². The van der Waals surface area contributed by atoms with Crippen LogP contribution in [0.25, 0.3) is 17.4 Å². The number of non-ortho nitro benzene ring substituents is 1. The molecule has 0 fully saturated rings. The van der Waals surface area contributed by atoms with Crippen molar-refractivity contribution in [2.24, 2.45) is 0 Å². The summed E-state index contributed by atoms with van der Waals surface area (Å²) in [5, 5.41) is 31.6. The second-order valence-corrected chi connectivity index (χ2v) is 6.98. The number of anilines is 1. The molecule has 0 aliphatic rings. The minimum Gasteiger partial charge on any atom is -0.478 e. The topological polar surface area (TPSA) is 146 Å². The number of halogens is 1. The van der Waals surface area contributed by atoms with E-state index < -0.39 is 16.8 Å². The van der Waals surface area contributed by atoms with Crippen LogP contribution in [-0.2, 0) is 4.79 Å². The van der Waals surface area contributed by atoms with Crippen molar-refractivity contribution in [3.8, 4) is 17.4 Å². The van der Waals surface area contributed by atoms with Crippen LogP contribution in [0.5, 0.6) is 0 Å². The Labute approximate surface area is 183 Å². The summed E-state index contributed by atoms with van der Waals surface area (Å²) in [5.74, 6) is -1.17. The van der Waals surface area contributed by atoms with E-state index in [4.69, 9.17) is 9.52 Å². The predicted octanol–water partition coefficient (Wildman–Crippen LogP) is 4.86. The van der Waals surface area contributed by atoms with E-state index in [1.807, 2.05) is 0 Å². The molecule has 0 aliphatic heterocycles. The van der Waals surface area contributed by atoms with Crippen LogP contribution in [0.3, 0.4) is 0 Å². The van der Waals surface area contributed by atoms with E-state index >= 15 is 0 Å². The van der Waals surface area contributed by atoms with E-state index in [2.05, 4.69) is 21.2 Å². The lowest BCUT2D eigenvalue weighted by atomic mass is 10.1. The minimum atomic E-state index is -1.09. The lowest BCUT2D eigenvalue weighted by Crippen LogP contribution is -2.13. The summed E-state index contributed by atoms with van der Waals surface area (Å²) in [4.78, 5) is 33.6. The molecule has 31 heavy (non-hydrogen) atoms. The molecule has 1 heterocycles. The maximum Gasteiger partial charge on any atom is 0.335 e. The first-order valence-corrected chi connectivity index (χ1v) is 9.38. The number of rotatable bonds is 6. The van der Waals surface area contributed by atoms with Crippen LogP contribution in [0, 0.1) is 21.4 Å². The van der Waals surface area contributed by atoms with Crippen molar-refractivity contribution >= 4 is 45.3 Å². The Kier molecular flexibility index (Phi) is 6.28. The van der Waals surface area contributed by atoms with Gasteiger partial charge in [0.25, 0.3) is 11.6 Å². The van der Waals surface area contributed by atoms with E-state index in [0.717, 1.165) is 0 Å². The number of carboxylic acid groups (broad SMARTS) is 1. The molecule has 2 aromatic carbocycles. The molecular formula is C21H12BrN3O6. The van der Waals surface area contributed by atoms with Crippen molar-refractivity contribution in [2.45, 2.75) is 0 Å². The molecule has 3 rings (SSSR count). The molecule has 0 unspecified atom stereocenters. The predicted molar refractivity (Wildman–Crippen MR) is 114 cm³/mol. The summed E-state index contributed by atoms with van der Waals surface area (Å²) in [6.45, 7) is 0. The third kappa shape index (κ3) is 5.04. The molecule has 0 spiro atoms. The maximum atomic E-state index is 12.4. The van der Waals surface area contributed by atoms with Gasteiger partial charge in [0.15, 0.2) is 0 Å². The van der Waals surface area contributed by atoms with Crippen LogP contribution in [0.2, 0.25) is 0 Å². The molecule has 9 nitrogen and oxygen atoms in total. The molecule has 0 saturated heterocycles. The summed E-state index contributed by atoms with van der Waals surface area (Å²) in [6, 6.07) is 14.6. The van der Waals surface area contributed by atoms with Gasteiger partial charge in [-0.1, -0.05) is 0 Å². The quantitative estimate of drug-likeness (QED) is 0.221. The second kappa shape index (κ2) is 9.06. The number of carbonyl (C=O) groups excluding carboxylic acids is 1. The van der Waals surface area contributed by atoms with Gasteiger partial charge in [-0.25, -0.2) is 4.79 Å².